The van der Waals surface area contributed by atoms with Crippen molar-refractivity contribution in [1.29, 1.82) is 0 Å². The van der Waals surface area contributed by atoms with Gasteiger partial charge in [0, 0.05) is 12.1 Å². The van der Waals surface area contributed by atoms with E-state index in [0.717, 1.165) is 4.90 Å². The molecule has 0 heterocycles. The maximum Gasteiger partial charge on any atom is 0.326 e. The van der Waals surface area contributed by atoms with Gasteiger partial charge in [-0.1, -0.05) is 18.2 Å². The van der Waals surface area contributed by atoms with Crippen LogP contribution in [0.25, 0.3) is 0 Å². The third kappa shape index (κ3) is 4.57. The molecule has 2 unspecified atom stereocenters. The number of rotatable bonds is 7. The Bertz CT molecular complexity index is 513. The molecule has 0 saturated carbocycles. The second kappa shape index (κ2) is 7.39. The fourth-order valence-corrected chi connectivity index (χ4v) is 1.87. The molecule has 0 aliphatic rings. The van der Waals surface area contributed by atoms with Gasteiger partial charge < -0.3 is 15.3 Å². The standard InChI is InChI=1S/C14H17NO6/c1-9(16)13(19)15(10-5-3-2-4-6-10)11(14(20)21)7-8-12(17)18/h2-6,9,11,16H,7-8H2,1H3,(H,17,18)(H,20,21). The molecule has 0 bridgehead atoms. The monoisotopic (exact) mass is 295 g/mol. The van der Waals surface area contributed by atoms with Crippen LogP contribution in [0, 0.1) is 0 Å². The van der Waals surface area contributed by atoms with Gasteiger partial charge in [0.05, 0.1) is 0 Å². The molecule has 1 aromatic rings. The van der Waals surface area contributed by atoms with Gasteiger partial charge in [-0.3, -0.25) is 14.5 Å². The summed E-state index contributed by atoms with van der Waals surface area (Å²) >= 11 is 0. The second-order valence-electron chi connectivity index (χ2n) is 4.51. The first-order valence-corrected chi connectivity index (χ1v) is 6.35. The minimum absolute atomic E-state index is 0.252. The minimum Gasteiger partial charge on any atom is -0.481 e. The molecule has 114 valence electrons. The molecule has 0 aliphatic carbocycles. The number of anilines is 1. The average Bonchev–Trinajstić information content (AvgIpc) is 2.42. The quantitative estimate of drug-likeness (QED) is 0.682. The molecule has 0 aromatic heterocycles. The predicted octanol–water partition coefficient (Wildman–Crippen LogP) is 0.718. The van der Waals surface area contributed by atoms with Crippen LogP contribution >= 0.6 is 0 Å². The third-order valence-electron chi connectivity index (χ3n) is 2.86. The molecule has 3 N–H and O–H groups in total. The predicted molar refractivity (Wildman–Crippen MR) is 73.9 cm³/mol. The van der Waals surface area contributed by atoms with Crippen LogP contribution < -0.4 is 4.90 Å². The number of carboxylic acids is 2. The van der Waals surface area contributed by atoms with Crippen molar-refractivity contribution in [3.05, 3.63) is 30.3 Å². The molecule has 0 radical (unpaired) electrons. The van der Waals surface area contributed by atoms with Gasteiger partial charge in [0.1, 0.15) is 12.1 Å². The summed E-state index contributed by atoms with van der Waals surface area (Å²) in [6, 6.07) is 6.63. The lowest BCUT2D eigenvalue weighted by Gasteiger charge is -2.29. The van der Waals surface area contributed by atoms with Gasteiger partial charge in [-0.2, -0.15) is 0 Å². The van der Waals surface area contributed by atoms with Gasteiger partial charge in [0.15, 0.2) is 0 Å². The summed E-state index contributed by atoms with van der Waals surface area (Å²) in [7, 11) is 0. The van der Waals surface area contributed by atoms with E-state index in [9.17, 15) is 24.6 Å². The molecule has 0 aliphatic heterocycles. The highest BCUT2D eigenvalue weighted by Crippen LogP contribution is 2.21. The van der Waals surface area contributed by atoms with E-state index in [1.165, 1.54) is 19.1 Å². The highest BCUT2D eigenvalue weighted by Gasteiger charge is 2.33. The van der Waals surface area contributed by atoms with E-state index in [-0.39, 0.29) is 6.42 Å². The minimum atomic E-state index is -1.39. The number of carbonyl (C=O) groups is 3. The number of aliphatic hydroxyl groups is 1. The number of carbonyl (C=O) groups excluding carboxylic acids is 1. The molecule has 0 fully saturated rings. The highest BCUT2D eigenvalue weighted by molar-refractivity contribution is 6.01. The Morgan fingerprint density at radius 1 is 1.14 bits per heavy atom. The molecule has 7 nitrogen and oxygen atoms in total. The largest absolute Gasteiger partial charge is 0.481 e. The van der Waals surface area contributed by atoms with Crippen molar-refractivity contribution >= 4 is 23.5 Å². The Labute approximate surface area is 121 Å². The Kier molecular flexibility index (Phi) is 5.86. The van der Waals surface area contributed by atoms with Gasteiger partial charge in [-0.05, 0) is 25.5 Å². The molecular weight excluding hydrogens is 278 g/mol. The van der Waals surface area contributed by atoms with E-state index in [4.69, 9.17) is 5.11 Å². The van der Waals surface area contributed by atoms with E-state index in [1.54, 1.807) is 18.2 Å². The smallest absolute Gasteiger partial charge is 0.326 e. The van der Waals surface area contributed by atoms with Gasteiger partial charge >= 0.3 is 11.9 Å². The van der Waals surface area contributed by atoms with Crippen molar-refractivity contribution in [2.45, 2.75) is 31.9 Å². The van der Waals surface area contributed by atoms with Crippen LogP contribution in [0.15, 0.2) is 30.3 Å². The van der Waals surface area contributed by atoms with E-state index in [1.807, 2.05) is 0 Å². The number of para-hydroxylation sites is 1. The number of nitrogens with zero attached hydrogens (tertiary/aromatic N) is 1. The number of hydrogen-bond acceptors (Lipinski definition) is 4. The van der Waals surface area contributed by atoms with E-state index >= 15 is 0 Å². The van der Waals surface area contributed by atoms with Crippen molar-refractivity contribution in [1.82, 2.24) is 0 Å². The van der Waals surface area contributed by atoms with Gasteiger partial charge in [-0.25, -0.2) is 4.79 Å². The number of hydrogen-bond donors (Lipinski definition) is 3. The van der Waals surface area contributed by atoms with Crippen molar-refractivity contribution < 1.29 is 29.7 Å². The van der Waals surface area contributed by atoms with Crippen LogP contribution in [0.5, 0.6) is 0 Å². The fourth-order valence-electron chi connectivity index (χ4n) is 1.87. The summed E-state index contributed by atoms with van der Waals surface area (Å²) in [5.41, 5.74) is 0.293. The molecular formula is C14H17NO6. The zero-order valence-corrected chi connectivity index (χ0v) is 11.5. The summed E-state index contributed by atoms with van der Waals surface area (Å²) in [6.45, 7) is 1.23. The van der Waals surface area contributed by atoms with Crippen LogP contribution in [0.2, 0.25) is 0 Å². The molecule has 0 spiro atoms. The van der Waals surface area contributed by atoms with E-state index in [2.05, 4.69) is 0 Å². The Balaban J connectivity index is 3.16. The summed E-state index contributed by atoms with van der Waals surface area (Å²) in [6.07, 6.45) is -2.04. The van der Waals surface area contributed by atoms with Crippen LogP contribution in [0.4, 0.5) is 5.69 Å². The van der Waals surface area contributed by atoms with Crippen molar-refractivity contribution in [2.75, 3.05) is 4.90 Å². The molecule has 7 heteroatoms. The number of amides is 1. The molecule has 2 atom stereocenters. The number of aliphatic carboxylic acids is 2. The molecule has 0 saturated heterocycles. The van der Waals surface area contributed by atoms with Gasteiger partial charge in [0.2, 0.25) is 0 Å². The molecule has 1 aromatic carbocycles. The van der Waals surface area contributed by atoms with Crippen LogP contribution in [-0.2, 0) is 14.4 Å². The lowest BCUT2D eigenvalue weighted by atomic mass is 10.1. The van der Waals surface area contributed by atoms with Crippen LogP contribution in [-0.4, -0.2) is 45.3 Å². The van der Waals surface area contributed by atoms with Crippen LogP contribution in [0.1, 0.15) is 19.8 Å². The normalized spacial score (nSPS) is 13.2. The summed E-state index contributed by atoms with van der Waals surface area (Å²) in [5.74, 6) is -3.27. The molecule has 21 heavy (non-hydrogen) atoms. The topological polar surface area (TPSA) is 115 Å². The SMILES string of the molecule is CC(O)C(=O)N(c1ccccc1)C(CCC(=O)O)C(=O)O. The summed E-state index contributed by atoms with van der Waals surface area (Å²) < 4.78 is 0. The maximum absolute atomic E-state index is 12.1. The van der Waals surface area contributed by atoms with E-state index < -0.39 is 36.4 Å². The number of benzene rings is 1. The second-order valence-corrected chi connectivity index (χ2v) is 4.51. The average molecular weight is 295 g/mol. The summed E-state index contributed by atoms with van der Waals surface area (Å²) in [4.78, 5) is 35.1. The Morgan fingerprint density at radius 2 is 1.71 bits per heavy atom. The zero-order valence-electron chi connectivity index (χ0n) is 11.5. The number of aliphatic hydroxyl groups excluding tert-OH is 1. The fraction of sp³-hybridized carbons (Fsp3) is 0.357. The first kappa shape index (κ1) is 16.6. The van der Waals surface area contributed by atoms with Crippen molar-refractivity contribution in [3.63, 3.8) is 0 Å². The lowest BCUT2D eigenvalue weighted by molar-refractivity contribution is -0.142. The first-order chi connectivity index (χ1) is 9.84. The Morgan fingerprint density at radius 3 is 2.14 bits per heavy atom. The molecule has 1 rings (SSSR count). The first-order valence-electron chi connectivity index (χ1n) is 6.35. The lowest BCUT2D eigenvalue weighted by Crippen LogP contribution is -2.49. The third-order valence-corrected chi connectivity index (χ3v) is 2.86. The number of carboxylic acid groups (broad SMARTS) is 2. The van der Waals surface area contributed by atoms with Gasteiger partial charge in [-0.15, -0.1) is 0 Å². The summed E-state index contributed by atoms with van der Waals surface area (Å²) in [5, 5.41) is 27.4. The van der Waals surface area contributed by atoms with Crippen molar-refractivity contribution in [3.8, 4) is 0 Å². The van der Waals surface area contributed by atoms with Crippen molar-refractivity contribution in [2.24, 2.45) is 0 Å². The molecule has 1 amide bonds. The van der Waals surface area contributed by atoms with Gasteiger partial charge in [0.25, 0.3) is 5.91 Å². The highest BCUT2D eigenvalue weighted by atomic mass is 16.4. The van der Waals surface area contributed by atoms with Crippen LogP contribution in [0.3, 0.4) is 0 Å². The zero-order chi connectivity index (χ0) is 16.0. The Hall–Kier alpha value is -2.41. The maximum atomic E-state index is 12.1. The van der Waals surface area contributed by atoms with E-state index in [0.29, 0.717) is 5.69 Å².